The first kappa shape index (κ1) is 25.6. The molecule has 1 saturated heterocycles. The van der Waals surface area contributed by atoms with Crippen LogP contribution in [0.1, 0.15) is 18.4 Å². The zero-order valence-electron chi connectivity index (χ0n) is 18.3. The third-order valence-electron chi connectivity index (χ3n) is 5.60. The fourth-order valence-corrected chi connectivity index (χ4v) is 4.91. The van der Waals surface area contributed by atoms with Crippen LogP contribution in [0.5, 0.6) is 5.75 Å². The fourth-order valence-electron chi connectivity index (χ4n) is 3.93. The van der Waals surface area contributed by atoms with E-state index in [0.29, 0.717) is 30.9 Å². The maximum atomic E-state index is 13.7. The number of carboxylic acids is 1. The minimum Gasteiger partial charge on any atom is -0.491 e. The van der Waals surface area contributed by atoms with Gasteiger partial charge in [-0.05, 0) is 73.0 Å². The zero-order valence-corrected chi connectivity index (χ0v) is 19.9. The highest BCUT2D eigenvalue weighted by Crippen LogP contribution is 2.38. The highest BCUT2D eigenvalue weighted by atomic mass is 35.5. The molecule has 0 aromatic heterocycles. The number of rotatable bonds is 8. The third kappa shape index (κ3) is 6.29. The molecule has 8 heteroatoms. The molecule has 0 aliphatic carbocycles. The summed E-state index contributed by atoms with van der Waals surface area (Å²) in [5, 5.41) is 18.4. The molecule has 0 bridgehead atoms. The number of carboxylic acid groups (broad SMARTS) is 1. The van der Waals surface area contributed by atoms with Gasteiger partial charge in [0.05, 0.1) is 16.5 Å². The molecule has 1 aliphatic rings. The van der Waals surface area contributed by atoms with Crippen LogP contribution in [-0.2, 0) is 4.79 Å². The van der Waals surface area contributed by atoms with Gasteiger partial charge in [0, 0.05) is 11.4 Å². The molecular formula is C26H24ClFN2O3S. The maximum absolute atomic E-state index is 13.7. The smallest absolute Gasteiger partial charge is 0.320 e. The molecule has 3 aromatic carbocycles. The Hall–Kier alpha value is -3.05. The van der Waals surface area contributed by atoms with E-state index in [2.05, 4.69) is 6.07 Å². The molecule has 1 N–H and O–H groups in total. The number of aliphatic carboxylic acids is 1. The molecule has 1 atom stereocenters. The van der Waals surface area contributed by atoms with Crippen LogP contribution in [0.4, 0.5) is 4.39 Å². The molecule has 1 aliphatic heterocycles. The van der Waals surface area contributed by atoms with E-state index < -0.39 is 12.0 Å². The highest BCUT2D eigenvalue weighted by molar-refractivity contribution is 7.99. The van der Waals surface area contributed by atoms with Crippen LogP contribution < -0.4 is 4.74 Å². The Kier molecular flexibility index (Phi) is 8.94. The number of nitriles is 1. The van der Waals surface area contributed by atoms with Gasteiger partial charge in [0.1, 0.15) is 24.2 Å². The summed E-state index contributed by atoms with van der Waals surface area (Å²) in [6, 6.07) is 21.2. The van der Waals surface area contributed by atoms with Crippen molar-refractivity contribution in [3.8, 4) is 22.9 Å². The second kappa shape index (κ2) is 11.9. The monoisotopic (exact) mass is 498 g/mol. The normalized spacial score (nSPS) is 15.4. The summed E-state index contributed by atoms with van der Waals surface area (Å²) in [5.74, 6) is -0.436. The largest absolute Gasteiger partial charge is 0.491 e. The van der Waals surface area contributed by atoms with Crippen LogP contribution >= 0.6 is 24.2 Å². The number of nitrogens with zero attached hydrogens (tertiary/aromatic N) is 2. The Morgan fingerprint density at radius 2 is 1.91 bits per heavy atom. The van der Waals surface area contributed by atoms with Crippen molar-refractivity contribution in [2.24, 2.45) is 0 Å². The summed E-state index contributed by atoms with van der Waals surface area (Å²) in [5.41, 5.74) is 2.51. The Morgan fingerprint density at radius 3 is 2.62 bits per heavy atom. The second-order valence-corrected chi connectivity index (χ2v) is 8.91. The van der Waals surface area contributed by atoms with E-state index >= 15 is 0 Å². The molecule has 0 spiro atoms. The lowest BCUT2D eigenvalue weighted by molar-refractivity contribution is -0.142. The van der Waals surface area contributed by atoms with Gasteiger partial charge in [-0.1, -0.05) is 36.0 Å². The topological polar surface area (TPSA) is 73.6 Å². The number of likely N-dealkylation sites (tertiary alicyclic amines) is 1. The quantitative estimate of drug-likeness (QED) is 0.419. The van der Waals surface area contributed by atoms with Gasteiger partial charge >= 0.3 is 5.97 Å². The van der Waals surface area contributed by atoms with Gasteiger partial charge in [0.2, 0.25) is 0 Å². The molecule has 1 fully saturated rings. The Labute approximate surface area is 208 Å². The van der Waals surface area contributed by atoms with Crippen LogP contribution in [-0.4, -0.2) is 41.7 Å². The van der Waals surface area contributed by atoms with Crippen molar-refractivity contribution < 1.29 is 19.0 Å². The summed E-state index contributed by atoms with van der Waals surface area (Å²) in [6.07, 6.45) is 1.53. The fraction of sp³-hybridized carbons (Fsp3) is 0.231. The number of carbonyl (C=O) groups is 1. The first-order valence-electron chi connectivity index (χ1n) is 10.7. The molecule has 0 unspecified atom stereocenters. The average Bonchev–Trinajstić information content (AvgIpc) is 3.29. The van der Waals surface area contributed by atoms with E-state index in [0.717, 1.165) is 33.9 Å². The number of hydrogen-bond donors (Lipinski definition) is 1. The molecule has 4 rings (SSSR count). The molecule has 0 radical (unpaired) electrons. The van der Waals surface area contributed by atoms with Crippen LogP contribution in [0.15, 0.2) is 76.5 Å². The maximum Gasteiger partial charge on any atom is 0.320 e. The van der Waals surface area contributed by atoms with Gasteiger partial charge < -0.3 is 9.84 Å². The predicted octanol–water partition coefficient (Wildman–Crippen LogP) is 5.87. The molecule has 0 saturated carbocycles. The molecule has 0 amide bonds. The van der Waals surface area contributed by atoms with Gasteiger partial charge in [-0.3, -0.25) is 9.69 Å². The van der Waals surface area contributed by atoms with E-state index in [1.54, 1.807) is 18.2 Å². The zero-order chi connectivity index (χ0) is 23.2. The molecule has 3 aromatic rings. The minimum absolute atomic E-state index is 0. The number of benzene rings is 3. The van der Waals surface area contributed by atoms with Crippen LogP contribution in [0, 0.1) is 17.1 Å². The molecule has 34 heavy (non-hydrogen) atoms. The van der Waals surface area contributed by atoms with Gasteiger partial charge in [-0.15, -0.1) is 12.4 Å². The summed E-state index contributed by atoms with van der Waals surface area (Å²) >= 11 is 1.41. The summed E-state index contributed by atoms with van der Waals surface area (Å²) in [4.78, 5) is 14.9. The van der Waals surface area contributed by atoms with Crippen molar-refractivity contribution in [3.63, 3.8) is 0 Å². The summed E-state index contributed by atoms with van der Waals surface area (Å²) in [6.45, 7) is 1.64. The van der Waals surface area contributed by atoms with E-state index in [1.165, 1.54) is 23.9 Å². The van der Waals surface area contributed by atoms with E-state index in [-0.39, 0.29) is 18.2 Å². The second-order valence-electron chi connectivity index (χ2n) is 7.79. The summed E-state index contributed by atoms with van der Waals surface area (Å²) in [7, 11) is 0. The predicted molar refractivity (Wildman–Crippen MR) is 132 cm³/mol. The van der Waals surface area contributed by atoms with Gasteiger partial charge in [0.25, 0.3) is 0 Å². The number of halogens is 2. The molecule has 176 valence electrons. The first-order valence-corrected chi connectivity index (χ1v) is 11.5. The van der Waals surface area contributed by atoms with Crippen LogP contribution in [0.3, 0.4) is 0 Å². The van der Waals surface area contributed by atoms with Gasteiger partial charge in [-0.2, -0.15) is 5.26 Å². The highest BCUT2D eigenvalue weighted by Gasteiger charge is 2.30. The average molecular weight is 499 g/mol. The van der Waals surface area contributed by atoms with E-state index in [4.69, 9.17) is 10.00 Å². The van der Waals surface area contributed by atoms with Crippen molar-refractivity contribution in [1.82, 2.24) is 4.90 Å². The van der Waals surface area contributed by atoms with Crippen LogP contribution in [0.25, 0.3) is 11.1 Å². The van der Waals surface area contributed by atoms with Gasteiger partial charge in [-0.25, -0.2) is 4.39 Å². The standard InChI is InChI=1S/C26H23FN2O3S.ClH/c27-21-3-1-4-22(16-21)33-25-15-20(19-8-6-18(17-28)7-9-19)10-11-24(25)32-14-13-29-12-2-5-23(29)26(30)31;/h1,3-4,6-11,15-16,23H,2,5,12-14H2,(H,30,31);1H/t23-;/m0./s1. The SMILES string of the molecule is Cl.N#Cc1ccc(-c2ccc(OCCN3CCC[C@H]3C(=O)O)c(Sc3cccc(F)c3)c2)cc1. The number of ether oxygens (including phenoxy) is 1. The Bertz CT molecular complexity index is 1180. The van der Waals surface area contributed by atoms with E-state index in [1.807, 2.05) is 41.3 Å². The number of hydrogen-bond acceptors (Lipinski definition) is 5. The molecular weight excluding hydrogens is 475 g/mol. The lowest BCUT2D eigenvalue weighted by atomic mass is 10.0. The van der Waals surface area contributed by atoms with Crippen molar-refractivity contribution >= 4 is 30.1 Å². The lowest BCUT2D eigenvalue weighted by Gasteiger charge is -2.21. The van der Waals surface area contributed by atoms with E-state index in [9.17, 15) is 14.3 Å². The van der Waals surface area contributed by atoms with Crippen molar-refractivity contribution in [2.75, 3.05) is 19.7 Å². The van der Waals surface area contributed by atoms with Crippen molar-refractivity contribution in [2.45, 2.75) is 28.7 Å². The van der Waals surface area contributed by atoms with Crippen molar-refractivity contribution in [3.05, 3.63) is 78.1 Å². The third-order valence-corrected chi connectivity index (χ3v) is 6.63. The molecule has 1 heterocycles. The summed E-state index contributed by atoms with van der Waals surface area (Å²) < 4.78 is 19.8. The first-order chi connectivity index (χ1) is 16.0. The Morgan fingerprint density at radius 1 is 1.15 bits per heavy atom. The van der Waals surface area contributed by atoms with Gasteiger partial charge in [0.15, 0.2) is 0 Å². The lowest BCUT2D eigenvalue weighted by Crippen LogP contribution is -2.38. The van der Waals surface area contributed by atoms with Crippen LogP contribution in [0.2, 0.25) is 0 Å². The van der Waals surface area contributed by atoms with Crippen molar-refractivity contribution in [1.29, 1.82) is 5.26 Å². The Balaban J connectivity index is 0.00000324. The minimum atomic E-state index is -0.790. The molecule has 5 nitrogen and oxygen atoms in total.